The molecule has 1 aromatic carbocycles. The van der Waals surface area contributed by atoms with E-state index in [0.29, 0.717) is 11.3 Å². The van der Waals surface area contributed by atoms with E-state index in [2.05, 4.69) is 10.6 Å². The predicted molar refractivity (Wildman–Crippen MR) is 80.7 cm³/mol. The van der Waals surface area contributed by atoms with Crippen LogP contribution in [0, 0.1) is 11.3 Å². The number of carbonyl (C=O) groups is 3. The molecule has 0 heterocycles. The Morgan fingerprint density at radius 3 is 2.59 bits per heavy atom. The maximum Gasteiger partial charge on any atom is 0.313 e. The lowest BCUT2D eigenvalue weighted by molar-refractivity contribution is -0.143. The second kappa shape index (κ2) is 7.78. The highest BCUT2D eigenvalue weighted by Gasteiger charge is 2.21. The van der Waals surface area contributed by atoms with Crippen molar-refractivity contribution in [3.63, 3.8) is 0 Å². The molecule has 0 atom stereocenters. The second-order valence-electron chi connectivity index (χ2n) is 5.03. The lowest BCUT2D eigenvalue weighted by Crippen LogP contribution is -2.44. The zero-order valence-corrected chi connectivity index (χ0v) is 12.7. The van der Waals surface area contributed by atoms with Crippen LogP contribution in [-0.4, -0.2) is 42.3 Å². The molecule has 3 amide bonds. The van der Waals surface area contributed by atoms with E-state index in [-0.39, 0.29) is 18.5 Å². The van der Waals surface area contributed by atoms with Crippen LogP contribution in [0.3, 0.4) is 0 Å². The smallest absolute Gasteiger partial charge is 0.313 e. The average Bonchev–Trinajstić information content (AvgIpc) is 2.45. The maximum atomic E-state index is 11.9. The summed E-state index contributed by atoms with van der Waals surface area (Å²) in [5.74, 6) is -2.04. The molecule has 0 fully saturated rings. The summed E-state index contributed by atoms with van der Waals surface area (Å²) in [4.78, 5) is 36.3. The molecule has 0 aromatic heterocycles. The number of likely N-dealkylation sites (N-methyl/N-ethyl adjacent to an activating group) is 1. The number of nitrogens with one attached hydrogen (secondary N) is 2. The van der Waals surface area contributed by atoms with Gasteiger partial charge in [0.2, 0.25) is 5.91 Å². The molecule has 0 saturated heterocycles. The molecule has 0 saturated carbocycles. The summed E-state index contributed by atoms with van der Waals surface area (Å²) in [6.45, 7) is 3.39. The van der Waals surface area contributed by atoms with Gasteiger partial charge in [0, 0.05) is 18.8 Å². The first kappa shape index (κ1) is 17.2. The molecule has 1 rings (SSSR count). The van der Waals surface area contributed by atoms with E-state index in [0.717, 1.165) is 4.90 Å². The highest BCUT2D eigenvalue weighted by molar-refractivity contribution is 6.39. The van der Waals surface area contributed by atoms with Crippen LogP contribution in [0.1, 0.15) is 19.4 Å². The Hall–Kier alpha value is -2.88. The van der Waals surface area contributed by atoms with Crippen LogP contribution in [0.25, 0.3) is 0 Å². The minimum atomic E-state index is -0.866. The van der Waals surface area contributed by atoms with Crippen LogP contribution in [0.15, 0.2) is 24.3 Å². The van der Waals surface area contributed by atoms with Crippen LogP contribution < -0.4 is 10.6 Å². The van der Waals surface area contributed by atoms with Crippen molar-refractivity contribution in [2.75, 3.05) is 18.9 Å². The van der Waals surface area contributed by atoms with Gasteiger partial charge in [-0.2, -0.15) is 5.26 Å². The first-order valence-corrected chi connectivity index (χ1v) is 6.69. The van der Waals surface area contributed by atoms with Gasteiger partial charge in [0.05, 0.1) is 18.2 Å². The lowest BCUT2D eigenvalue weighted by atomic mass is 10.2. The number of hydrogen-bond donors (Lipinski definition) is 2. The average molecular weight is 302 g/mol. The fourth-order valence-corrected chi connectivity index (χ4v) is 1.68. The third-order valence-electron chi connectivity index (χ3n) is 2.62. The van der Waals surface area contributed by atoms with Gasteiger partial charge in [0.25, 0.3) is 0 Å². The molecule has 0 aliphatic carbocycles. The van der Waals surface area contributed by atoms with E-state index in [1.807, 2.05) is 6.07 Å². The fraction of sp³-hybridized carbons (Fsp3) is 0.333. The van der Waals surface area contributed by atoms with Gasteiger partial charge in [-0.25, -0.2) is 0 Å². The molecule has 0 aliphatic heterocycles. The Morgan fingerprint density at radius 2 is 2.00 bits per heavy atom. The summed E-state index contributed by atoms with van der Waals surface area (Å²) in [5.41, 5.74) is 0.715. The molecule has 2 N–H and O–H groups in total. The van der Waals surface area contributed by atoms with Crippen LogP contribution in [-0.2, 0) is 14.4 Å². The summed E-state index contributed by atoms with van der Waals surface area (Å²) in [6, 6.07) is 8.10. The van der Waals surface area contributed by atoms with Crippen molar-refractivity contribution in [3.05, 3.63) is 29.8 Å². The Bertz CT molecular complexity index is 619. The highest BCUT2D eigenvalue weighted by atomic mass is 16.2. The normalized spacial score (nSPS) is 9.77. The standard InChI is InChI=1S/C15H18N4O3/c1-10(2)17-13(20)9-19(3)15(22)14(21)18-12-6-4-5-11(7-12)8-16/h4-7,10H,9H2,1-3H3,(H,17,20)(H,18,21). The highest BCUT2D eigenvalue weighted by Crippen LogP contribution is 2.09. The Kier molecular flexibility index (Phi) is 6.08. The number of rotatable bonds is 4. The molecule has 1 aromatic rings. The monoisotopic (exact) mass is 302 g/mol. The van der Waals surface area contributed by atoms with Crippen LogP contribution in [0.4, 0.5) is 5.69 Å². The van der Waals surface area contributed by atoms with Gasteiger partial charge in [0.15, 0.2) is 0 Å². The van der Waals surface area contributed by atoms with Gasteiger partial charge in [-0.15, -0.1) is 0 Å². The first-order valence-electron chi connectivity index (χ1n) is 6.69. The molecule has 0 unspecified atom stereocenters. The number of nitrogens with zero attached hydrogens (tertiary/aromatic N) is 2. The van der Waals surface area contributed by atoms with Gasteiger partial charge in [-0.1, -0.05) is 6.07 Å². The van der Waals surface area contributed by atoms with Crippen LogP contribution in [0.5, 0.6) is 0 Å². The summed E-state index contributed by atoms with van der Waals surface area (Å²) in [7, 11) is 1.37. The molecular weight excluding hydrogens is 284 g/mol. The molecule has 0 spiro atoms. The number of hydrogen-bond acceptors (Lipinski definition) is 4. The van der Waals surface area contributed by atoms with Gasteiger partial charge in [-0.3, -0.25) is 14.4 Å². The van der Waals surface area contributed by atoms with Crippen LogP contribution >= 0.6 is 0 Å². The molecule has 22 heavy (non-hydrogen) atoms. The SMILES string of the molecule is CC(C)NC(=O)CN(C)C(=O)C(=O)Nc1cccc(C#N)c1. The minimum absolute atomic E-state index is 0.0430. The summed E-state index contributed by atoms with van der Waals surface area (Å²) in [5, 5.41) is 13.8. The van der Waals surface area contributed by atoms with Crippen LogP contribution in [0.2, 0.25) is 0 Å². The van der Waals surface area contributed by atoms with E-state index >= 15 is 0 Å². The van der Waals surface area contributed by atoms with E-state index in [9.17, 15) is 14.4 Å². The molecule has 0 bridgehead atoms. The van der Waals surface area contributed by atoms with Crippen molar-refractivity contribution in [2.24, 2.45) is 0 Å². The number of nitriles is 1. The summed E-state index contributed by atoms with van der Waals surface area (Å²) < 4.78 is 0. The van der Waals surface area contributed by atoms with E-state index < -0.39 is 11.8 Å². The largest absolute Gasteiger partial charge is 0.352 e. The molecule has 116 valence electrons. The van der Waals surface area contributed by atoms with Crippen molar-refractivity contribution >= 4 is 23.4 Å². The molecule has 7 heteroatoms. The van der Waals surface area contributed by atoms with Crippen molar-refractivity contribution in [1.29, 1.82) is 5.26 Å². The van der Waals surface area contributed by atoms with Gasteiger partial charge in [-0.05, 0) is 32.0 Å². The minimum Gasteiger partial charge on any atom is -0.352 e. The maximum absolute atomic E-state index is 11.9. The Labute approximate surface area is 128 Å². The number of carbonyl (C=O) groups excluding carboxylic acids is 3. The lowest BCUT2D eigenvalue weighted by Gasteiger charge is -2.17. The quantitative estimate of drug-likeness (QED) is 0.790. The van der Waals surface area contributed by atoms with Crippen molar-refractivity contribution in [1.82, 2.24) is 10.2 Å². The van der Waals surface area contributed by atoms with E-state index in [1.54, 1.807) is 32.0 Å². The summed E-state index contributed by atoms with van der Waals surface area (Å²) >= 11 is 0. The van der Waals surface area contributed by atoms with Crippen molar-refractivity contribution in [2.45, 2.75) is 19.9 Å². The number of amides is 3. The number of benzene rings is 1. The zero-order valence-electron chi connectivity index (χ0n) is 12.7. The number of anilines is 1. The molecule has 0 aliphatic rings. The second-order valence-corrected chi connectivity index (χ2v) is 5.03. The van der Waals surface area contributed by atoms with Gasteiger partial charge >= 0.3 is 11.8 Å². The molecular formula is C15H18N4O3. The fourth-order valence-electron chi connectivity index (χ4n) is 1.68. The molecule has 7 nitrogen and oxygen atoms in total. The third kappa shape index (κ3) is 5.25. The predicted octanol–water partition coefficient (Wildman–Crippen LogP) is 0.480. The van der Waals surface area contributed by atoms with E-state index in [4.69, 9.17) is 5.26 Å². The van der Waals surface area contributed by atoms with Crippen molar-refractivity contribution < 1.29 is 14.4 Å². The topological polar surface area (TPSA) is 102 Å². The van der Waals surface area contributed by atoms with E-state index in [1.165, 1.54) is 13.1 Å². The van der Waals surface area contributed by atoms with Gasteiger partial charge < -0.3 is 15.5 Å². The van der Waals surface area contributed by atoms with Crippen molar-refractivity contribution in [3.8, 4) is 6.07 Å². The Balaban J connectivity index is 2.62. The Morgan fingerprint density at radius 1 is 1.32 bits per heavy atom. The summed E-state index contributed by atoms with van der Waals surface area (Å²) in [6.07, 6.45) is 0. The first-order chi connectivity index (χ1) is 10.3. The van der Waals surface area contributed by atoms with Gasteiger partial charge in [0.1, 0.15) is 0 Å². The third-order valence-corrected chi connectivity index (χ3v) is 2.62. The molecule has 0 radical (unpaired) electrons. The zero-order chi connectivity index (χ0) is 16.7.